The summed E-state index contributed by atoms with van der Waals surface area (Å²) in [5.74, 6) is 0.652. The number of carbonyl (C=O) groups excluding carboxylic acids is 1. The lowest BCUT2D eigenvalue weighted by molar-refractivity contribution is -0.948. The SMILES string of the molecule is Cc1nc2n(c(=O)c1CC[N+]1(COC(=O)N(Cc3ccccc3)Cc3ccccc3)CCC(c3noc4cc(F)ccc34)CC1)CCCC2.[CH3-]. The highest BCUT2D eigenvalue weighted by Crippen LogP contribution is 2.35. The number of aryl methyl sites for hydroxylation is 2. The number of quaternary nitrogens is 1. The van der Waals surface area contributed by atoms with Crippen LogP contribution in [0, 0.1) is 20.2 Å². The third-order valence-electron chi connectivity index (χ3n) is 10.3. The van der Waals surface area contributed by atoms with E-state index in [1.807, 2.05) is 72.2 Å². The average molecular weight is 680 g/mol. The van der Waals surface area contributed by atoms with Crippen molar-refractivity contribution < 1.29 is 22.9 Å². The van der Waals surface area contributed by atoms with Crippen molar-refractivity contribution in [3.05, 3.63) is 136 Å². The predicted octanol–water partition coefficient (Wildman–Crippen LogP) is 7.35. The molecule has 50 heavy (non-hydrogen) atoms. The lowest BCUT2D eigenvalue weighted by Crippen LogP contribution is -2.56. The largest absolute Gasteiger partial charge is 0.414 e. The smallest absolute Gasteiger partial charge is 0.399 e. The molecule has 0 bridgehead atoms. The van der Waals surface area contributed by atoms with Crippen LogP contribution in [0.25, 0.3) is 11.0 Å². The van der Waals surface area contributed by atoms with Gasteiger partial charge in [0.15, 0.2) is 5.58 Å². The number of benzene rings is 3. The molecule has 10 heteroatoms. The van der Waals surface area contributed by atoms with E-state index in [9.17, 15) is 14.0 Å². The zero-order chi connectivity index (χ0) is 33.8. The van der Waals surface area contributed by atoms with Gasteiger partial charge in [0.05, 0.1) is 25.3 Å². The molecule has 9 nitrogen and oxygen atoms in total. The van der Waals surface area contributed by atoms with Crippen molar-refractivity contribution in [2.45, 2.75) is 71.0 Å². The van der Waals surface area contributed by atoms with Crippen molar-refractivity contribution >= 4 is 17.1 Å². The van der Waals surface area contributed by atoms with Gasteiger partial charge in [-0.1, -0.05) is 65.8 Å². The van der Waals surface area contributed by atoms with E-state index >= 15 is 0 Å². The van der Waals surface area contributed by atoms with Crippen LogP contribution in [0.5, 0.6) is 0 Å². The van der Waals surface area contributed by atoms with Gasteiger partial charge in [0.2, 0.25) is 6.73 Å². The maximum absolute atomic E-state index is 13.9. The summed E-state index contributed by atoms with van der Waals surface area (Å²) in [5, 5.41) is 5.18. The summed E-state index contributed by atoms with van der Waals surface area (Å²) >= 11 is 0. The van der Waals surface area contributed by atoms with Gasteiger partial charge in [0.1, 0.15) is 11.6 Å². The van der Waals surface area contributed by atoms with Crippen LogP contribution < -0.4 is 5.56 Å². The van der Waals surface area contributed by atoms with Crippen LogP contribution in [-0.2, 0) is 37.2 Å². The molecule has 1 fully saturated rings. The molecule has 4 heterocycles. The number of rotatable bonds is 10. The molecule has 2 aliphatic rings. The van der Waals surface area contributed by atoms with E-state index in [1.165, 1.54) is 12.1 Å². The molecular weight excluding hydrogens is 633 g/mol. The highest BCUT2D eigenvalue weighted by molar-refractivity contribution is 5.79. The van der Waals surface area contributed by atoms with Gasteiger partial charge in [-0.3, -0.25) is 18.7 Å². The maximum atomic E-state index is 13.9. The van der Waals surface area contributed by atoms with Crippen molar-refractivity contribution in [3.63, 3.8) is 0 Å². The van der Waals surface area contributed by atoms with Crippen molar-refractivity contribution in [1.29, 1.82) is 0 Å². The maximum Gasteiger partial charge on any atom is 0.414 e. The van der Waals surface area contributed by atoms with Crippen LogP contribution in [0.1, 0.15) is 65.5 Å². The first-order valence-corrected chi connectivity index (χ1v) is 17.4. The molecule has 0 radical (unpaired) electrons. The number of halogens is 1. The number of aromatic nitrogens is 3. The monoisotopic (exact) mass is 679 g/mol. The predicted molar refractivity (Wildman–Crippen MR) is 191 cm³/mol. The Bertz CT molecular complexity index is 1930. The number of fused-ring (bicyclic) bond motifs is 2. The molecule has 1 amide bonds. The van der Waals surface area contributed by atoms with Crippen LogP contribution in [0.15, 0.2) is 88.2 Å². The van der Waals surface area contributed by atoms with Gasteiger partial charge >= 0.3 is 6.09 Å². The van der Waals surface area contributed by atoms with E-state index in [4.69, 9.17) is 14.2 Å². The van der Waals surface area contributed by atoms with Crippen LogP contribution in [-0.4, -0.2) is 56.5 Å². The summed E-state index contributed by atoms with van der Waals surface area (Å²) in [7, 11) is 0. The first-order valence-electron chi connectivity index (χ1n) is 17.4. The Kier molecular flexibility index (Phi) is 10.8. The van der Waals surface area contributed by atoms with Crippen molar-refractivity contribution in [2.75, 3.05) is 26.4 Å². The summed E-state index contributed by atoms with van der Waals surface area (Å²) in [6.07, 6.45) is 4.62. The normalized spacial score (nSPS) is 18.6. The third-order valence-corrected chi connectivity index (χ3v) is 10.3. The minimum absolute atomic E-state index is 0. The lowest BCUT2D eigenvalue weighted by Gasteiger charge is -2.43. The van der Waals surface area contributed by atoms with Gasteiger partial charge in [-0.2, -0.15) is 0 Å². The fourth-order valence-corrected chi connectivity index (χ4v) is 7.48. The van der Waals surface area contributed by atoms with Crippen LogP contribution in [0.2, 0.25) is 0 Å². The van der Waals surface area contributed by atoms with E-state index in [-0.39, 0.29) is 37.5 Å². The Morgan fingerprint density at radius 2 is 1.68 bits per heavy atom. The standard InChI is InChI=1S/C39H43FN5O4.CH3/c1-28-33(38(46)44-20-9-8-14-36(44)41-28)19-23-45(21-17-31(18-22-45)37-34-16-15-32(40)24-35(34)49-42-37)27-48-39(47)43(25-29-10-4-2-5-11-29)26-30-12-6-3-7-13-30;/h2-7,10-13,15-16,24,31H,8-9,14,17-23,25-27H2,1H3;1H3/q+1;-1. The molecule has 2 aromatic heterocycles. The van der Waals surface area contributed by atoms with Gasteiger partial charge in [-0.15, -0.1) is 0 Å². The number of hydrogen-bond donors (Lipinski definition) is 0. The first-order chi connectivity index (χ1) is 23.9. The number of piperidine rings is 1. The first kappa shape index (κ1) is 35.0. The lowest BCUT2D eigenvalue weighted by atomic mass is 9.90. The number of carbonyl (C=O) groups is 1. The van der Waals surface area contributed by atoms with Crippen molar-refractivity contribution in [3.8, 4) is 0 Å². The number of amides is 1. The second-order valence-corrected chi connectivity index (χ2v) is 13.6. The Labute approximate surface area is 292 Å². The van der Waals surface area contributed by atoms with Gasteiger partial charge in [0, 0.05) is 73.9 Å². The summed E-state index contributed by atoms with van der Waals surface area (Å²) in [6, 6.07) is 24.4. The Morgan fingerprint density at radius 1 is 1.00 bits per heavy atom. The van der Waals surface area contributed by atoms with E-state index in [1.54, 1.807) is 11.0 Å². The highest BCUT2D eigenvalue weighted by Gasteiger charge is 2.38. The van der Waals surface area contributed by atoms with Crippen LogP contribution in [0.3, 0.4) is 0 Å². The molecule has 0 N–H and O–H groups in total. The fraction of sp³-hybridized carbons (Fsp3) is 0.375. The Balaban J connectivity index is 0.00000432. The topological polar surface area (TPSA) is 90.5 Å². The molecule has 0 unspecified atom stereocenters. The molecule has 5 aromatic rings. The van der Waals surface area contributed by atoms with E-state index < -0.39 is 0 Å². The minimum Gasteiger partial charge on any atom is -0.399 e. The molecule has 1 saturated heterocycles. The second kappa shape index (κ2) is 15.4. The summed E-state index contributed by atoms with van der Waals surface area (Å²) < 4.78 is 28.0. The second-order valence-electron chi connectivity index (χ2n) is 13.6. The van der Waals surface area contributed by atoms with Gasteiger partial charge in [-0.05, 0) is 43.0 Å². The zero-order valence-electron chi connectivity index (χ0n) is 29.0. The Morgan fingerprint density at radius 3 is 2.36 bits per heavy atom. The summed E-state index contributed by atoms with van der Waals surface area (Å²) in [6.45, 7) is 5.77. The minimum atomic E-state index is -0.372. The van der Waals surface area contributed by atoms with E-state index in [2.05, 4.69) is 5.16 Å². The van der Waals surface area contributed by atoms with Gasteiger partial charge in [0.25, 0.3) is 5.56 Å². The molecule has 2 aliphatic heterocycles. The van der Waals surface area contributed by atoms with Crippen LogP contribution in [0.4, 0.5) is 9.18 Å². The number of nitrogens with zero attached hydrogens (tertiary/aromatic N) is 5. The van der Waals surface area contributed by atoms with Crippen molar-refractivity contribution in [1.82, 2.24) is 19.6 Å². The number of hydrogen-bond acceptors (Lipinski definition) is 6. The average Bonchev–Trinajstić information content (AvgIpc) is 3.54. The molecule has 0 atom stereocenters. The molecule has 0 saturated carbocycles. The highest BCUT2D eigenvalue weighted by atomic mass is 19.1. The molecular formula is C40H46FN5O4. The van der Waals surface area contributed by atoms with Crippen LogP contribution >= 0.6 is 0 Å². The van der Waals surface area contributed by atoms with E-state index in [0.717, 1.165) is 84.5 Å². The molecule has 0 spiro atoms. The Hall–Kier alpha value is -4.83. The molecule has 0 aliphatic carbocycles. The quantitative estimate of drug-likeness (QED) is 0.113. The fourth-order valence-electron chi connectivity index (χ4n) is 7.48. The zero-order valence-corrected chi connectivity index (χ0v) is 29.0. The number of ether oxygens (including phenoxy) is 1. The van der Waals surface area contributed by atoms with Gasteiger partial charge in [-0.25, -0.2) is 14.2 Å². The summed E-state index contributed by atoms with van der Waals surface area (Å²) in [4.78, 5) is 34.1. The van der Waals surface area contributed by atoms with Crippen molar-refractivity contribution in [2.24, 2.45) is 0 Å². The molecule has 262 valence electrons. The number of likely N-dealkylation sites (tertiary alicyclic amines) is 1. The van der Waals surface area contributed by atoms with Gasteiger partial charge < -0.3 is 16.7 Å². The third kappa shape index (κ3) is 7.65. The molecule has 3 aromatic carbocycles. The van der Waals surface area contributed by atoms with E-state index in [0.29, 0.717) is 42.7 Å². The molecule has 7 rings (SSSR count). The summed E-state index contributed by atoms with van der Waals surface area (Å²) in [5.41, 5.74) is 4.94.